The number of aromatic nitrogens is 2. The van der Waals surface area contributed by atoms with Crippen molar-refractivity contribution in [1.82, 2.24) is 9.13 Å². The summed E-state index contributed by atoms with van der Waals surface area (Å²) in [7, 11) is 0. The van der Waals surface area contributed by atoms with E-state index >= 15 is 0 Å². The van der Waals surface area contributed by atoms with Gasteiger partial charge in [0.1, 0.15) is 6.54 Å². The van der Waals surface area contributed by atoms with E-state index in [-0.39, 0.29) is 11.7 Å². The van der Waals surface area contributed by atoms with Gasteiger partial charge in [-0.1, -0.05) is 19.3 Å². The maximum Gasteiger partial charge on any atom is 0.316 e. The number of amides is 1. The van der Waals surface area contributed by atoms with Crippen LogP contribution >= 0.6 is 0 Å². The molecule has 1 aromatic carbocycles. The fourth-order valence-electron chi connectivity index (χ4n) is 3.22. The fourth-order valence-corrected chi connectivity index (χ4v) is 3.22. The molecule has 1 aromatic heterocycles. The van der Waals surface area contributed by atoms with Gasteiger partial charge in [-0.2, -0.15) is 0 Å². The summed E-state index contributed by atoms with van der Waals surface area (Å²) in [4.78, 5) is 36.6. The third-order valence-corrected chi connectivity index (χ3v) is 4.57. The number of hydrogen-bond donors (Lipinski definition) is 1. The number of hydrogen-bond acceptors (Lipinski definition) is 3. The number of rotatable bonds is 4. The Kier molecular flexibility index (Phi) is 5.29. The molecule has 6 nitrogen and oxygen atoms in total. The average Bonchev–Trinajstić information content (AvgIpc) is 2.63. The van der Waals surface area contributed by atoms with Gasteiger partial charge in [0.25, 0.3) is 0 Å². The van der Waals surface area contributed by atoms with Gasteiger partial charge in [0.05, 0.1) is 0 Å². The van der Waals surface area contributed by atoms with Gasteiger partial charge < -0.3 is 9.88 Å². The summed E-state index contributed by atoms with van der Waals surface area (Å²) >= 11 is 0. The van der Waals surface area contributed by atoms with Gasteiger partial charge in [0, 0.05) is 30.2 Å². The SMILES string of the molecule is O=C(Cn1ccn(C2CCCCC2)c(=O)c1=O)Nc1ccc(F)c(F)c1. The number of carbonyl (C=O) groups excluding carboxylic acids is 1. The lowest BCUT2D eigenvalue weighted by molar-refractivity contribution is -0.116. The zero-order valence-electron chi connectivity index (χ0n) is 14.1. The Morgan fingerprint density at radius 2 is 1.77 bits per heavy atom. The van der Waals surface area contributed by atoms with Gasteiger partial charge in [0.15, 0.2) is 11.6 Å². The lowest BCUT2D eigenvalue weighted by Gasteiger charge is -2.23. The Morgan fingerprint density at radius 1 is 1.04 bits per heavy atom. The molecule has 0 aliphatic heterocycles. The van der Waals surface area contributed by atoms with Crippen molar-refractivity contribution in [2.75, 3.05) is 5.32 Å². The summed E-state index contributed by atoms with van der Waals surface area (Å²) in [6.07, 6.45) is 7.84. The van der Waals surface area contributed by atoms with Crippen molar-refractivity contribution in [2.24, 2.45) is 0 Å². The number of nitrogens with one attached hydrogen (secondary N) is 1. The zero-order chi connectivity index (χ0) is 18.7. The predicted molar refractivity (Wildman–Crippen MR) is 92.1 cm³/mol. The molecule has 1 heterocycles. The van der Waals surface area contributed by atoms with Gasteiger partial charge in [-0.05, 0) is 25.0 Å². The van der Waals surface area contributed by atoms with Crippen LogP contribution in [0.3, 0.4) is 0 Å². The standard InChI is InChI=1S/C18H19F2N3O3/c19-14-7-6-12(10-15(14)20)21-16(24)11-22-8-9-23(18(26)17(22)25)13-4-2-1-3-5-13/h6-10,13H,1-5,11H2,(H,21,24). The lowest BCUT2D eigenvalue weighted by atomic mass is 9.95. The first-order chi connectivity index (χ1) is 12.5. The number of anilines is 1. The number of benzene rings is 1. The summed E-state index contributed by atoms with van der Waals surface area (Å²) in [5.41, 5.74) is -1.36. The quantitative estimate of drug-likeness (QED) is 0.848. The average molecular weight is 363 g/mol. The summed E-state index contributed by atoms with van der Waals surface area (Å²) in [6, 6.07) is 2.97. The monoisotopic (exact) mass is 363 g/mol. The number of halogens is 2. The second-order valence-electron chi connectivity index (χ2n) is 6.41. The van der Waals surface area contributed by atoms with Crippen molar-refractivity contribution in [2.45, 2.75) is 44.7 Å². The molecule has 0 saturated heterocycles. The smallest absolute Gasteiger partial charge is 0.316 e. The van der Waals surface area contributed by atoms with Gasteiger partial charge in [0.2, 0.25) is 5.91 Å². The lowest BCUT2D eigenvalue weighted by Crippen LogP contribution is -2.43. The van der Waals surface area contributed by atoms with Gasteiger partial charge in [-0.15, -0.1) is 0 Å². The molecule has 3 rings (SSSR count). The van der Waals surface area contributed by atoms with Crippen LogP contribution in [0.15, 0.2) is 40.2 Å². The zero-order valence-corrected chi connectivity index (χ0v) is 14.1. The molecule has 1 N–H and O–H groups in total. The van der Waals surface area contributed by atoms with Crippen molar-refractivity contribution in [1.29, 1.82) is 0 Å². The first kappa shape index (κ1) is 18.0. The van der Waals surface area contributed by atoms with Crippen molar-refractivity contribution >= 4 is 11.6 Å². The Morgan fingerprint density at radius 3 is 2.46 bits per heavy atom. The minimum Gasteiger partial charge on any atom is -0.324 e. The molecule has 26 heavy (non-hydrogen) atoms. The Labute approximate surface area is 148 Å². The summed E-state index contributed by atoms with van der Waals surface area (Å²) in [5.74, 6) is -2.73. The third kappa shape index (κ3) is 3.89. The summed E-state index contributed by atoms with van der Waals surface area (Å²) < 4.78 is 28.5. The van der Waals surface area contributed by atoms with Crippen LogP contribution in [-0.4, -0.2) is 15.0 Å². The maximum atomic E-state index is 13.2. The molecular weight excluding hydrogens is 344 g/mol. The van der Waals surface area contributed by atoms with Gasteiger partial charge in [-0.3, -0.25) is 19.0 Å². The highest BCUT2D eigenvalue weighted by atomic mass is 19.2. The first-order valence-corrected chi connectivity index (χ1v) is 8.52. The molecule has 0 bridgehead atoms. The molecule has 8 heteroatoms. The van der Waals surface area contributed by atoms with Crippen LogP contribution in [0, 0.1) is 11.6 Å². The topological polar surface area (TPSA) is 73.1 Å². The predicted octanol–water partition coefficient (Wildman–Crippen LogP) is 2.43. The molecule has 2 aromatic rings. The van der Waals surface area contributed by atoms with Crippen molar-refractivity contribution in [3.8, 4) is 0 Å². The van der Waals surface area contributed by atoms with E-state index in [0.717, 1.165) is 48.8 Å². The second-order valence-corrected chi connectivity index (χ2v) is 6.41. The molecule has 138 valence electrons. The highest BCUT2D eigenvalue weighted by Crippen LogP contribution is 2.26. The van der Waals surface area contributed by atoms with Crippen LogP contribution in [0.1, 0.15) is 38.1 Å². The van der Waals surface area contributed by atoms with Crippen molar-refractivity contribution in [3.63, 3.8) is 0 Å². The maximum absolute atomic E-state index is 13.2. The van der Waals surface area contributed by atoms with E-state index in [1.807, 2.05) is 0 Å². The molecule has 1 saturated carbocycles. The van der Waals surface area contributed by atoms with Crippen LogP contribution in [-0.2, 0) is 11.3 Å². The highest BCUT2D eigenvalue weighted by molar-refractivity contribution is 5.90. The second kappa shape index (κ2) is 7.63. The Bertz CT molecular complexity index is 930. The Hall–Kier alpha value is -2.77. The van der Waals surface area contributed by atoms with E-state index in [0.29, 0.717) is 0 Å². The molecule has 0 unspecified atom stereocenters. The molecule has 1 aliphatic rings. The van der Waals surface area contributed by atoms with Gasteiger partial charge >= 0.3 is 11.1 Å². The molecule has 1 aliphatic carbocycles. The third-order valence-electron chi connectivity index (χ3n) is 4.57. The minimum absolute atomic E-state index is 0.0228. The van der Waals surface area contributed by atoms with E-state index in [4.69, 9.17) is 0 Å². The van der Waals surface area contributed by atoms with Crippen LogP contribution in [0.5, 0.6) is 0 Å². The Balaban J connectivity index is 1.74. The van der Waals surface area contributed by atoms with E-state index < -0.39 is 35.2 Å². The first-order valence-electron chi connectivity index (χ1n) is 8.52. The van der Waals surface area contributed by atoms with E-state index in [1.165, 1.54) is 23.0 Å². The normalized spacial score (nSPS) is 15.0. The molecule has 1 fully saturated rings. The van der Waals surface area contributed by atoms with E-state index in [1.54, 1.807) is 0 Å². The van der Waals surface area contributed by atoms with Crippen molar-refractivity contribution < 1.29 is 13.6 Å². The van der Waals surface area contributed by atoms with Crippen LogP contribution in [0.2, 0.25) is 0 Å². The number of carbonyl (C=O) groups is 1. The molecule has 0 spiro atoms. The largest absolute Gasteiger partial charge is 0.324 e. The molecule has 1 amide bonds. The van der Waals surface area contributed by atoms with Crippen LogP contribution in [0.25, 0.3) is 0 Å². The minimum atomic E-state index is -1.09. The molecule has 0 atom stereocenters. The molecular formula is C18H19F2N3O3. The highest BCUT2D eigenvalue weighted by Gasteiger charge is 2.18. The fraction of sp³-hybridized carbons (Fsp3) is 0.389. The van der Waals surface area contributed by atoms with E-state index in [2.05, 4.69) is 5.32 Å². The van der Waals surface area contributed by atoms with E-state index in [9.17, 15) is 23.2 Å². The number of nitrogens with zero attached hydrogens (tertiary/aromatic N) is 2. The van der Waals surface area contributed by atoms with Gasteiger partial charge in [-0.25, -0.2) is 8.78 Å². The van der Waals surface area contributed by atoms with Crippen molar-refractivity contribution in [3.05, 3.63) is 62.9 Å². The van der Waals surface area contributed by atoms with Crippen LogP contribution in [0.4, 0.5) is 14.5 Å². The molecule has 0 radical (unpaired) electrons. The summed E-state index contributed by atoms with van der Waals surface area (Å²) in [6.45, 7) is -0.390. The van der Waals surface area contributed by atoms with Crippen LogP contribution < -0.4 is 16.4 Å². The summed E-state index contributed by atoms with van der Waals surface area (Å²) in [5, 5.41) is 2.37.